The van der Waals surface area contributed by atoms with Crippen LogP contribution in [0.4, 0.5) is 11.4 Å². The Morgan fingerprint density at radius 2 is 1.83 bits per heavy atom. The molecule has 29 heavy (non-hydrogen) atoms. The highest BCUT2D eigenvalue weighted by molar-refractivity contribution is 7.90. The molecule has 0 spiro atoms. The molecule has 1 fully saturated rings. The maximum atomic E-state index is 12.5. The molecule has 1 saturated heterocycles. The van der Waals surface area contributed by atoms with Gasteiger partial charge in [-0.05, 0) is 67.7 Å². The standard InChI is InChI=1S/C20H26N4O3S.ClH/c1-24(2)28(26,27)23-19-5-3-4-18(13-19)22-20(25)17-8-6-15(7-9-17)12-16-10-11-21-14-16;/h3-9,13,16,21,23H,10-12,14H2,1-2H3,(H,22,25);1H. The van der Waals surface area contributed by atoms with E-state index in [4.69, 9.17) is 0 Å². The fourth-order valence-electron chi connectivity index (χ4n) is 3.12. The second-order valence-electron chi connectivity index (χ2n) is 7.18. The van der Waals surface area contributed by atoms with Gasteiger partial charge < -0.3 is 10.6 Å². The van der Waals surface area contributed by atoms with Crippen molar-refractivity contribution in [3.05, 3.63) is 59.7 Å². The van der Waals surface area contributed by atoms with Crippen LogP contribution in [0.5, 0.6) is 0 Å². The Labute approximate surface area is 178 Å². The third-order valence-corrected chi connectivity index (χ3v) is 6.21. The number of carbonyl (C=O) groups excluding carboxylic acids is 1. The molecule has 0 bridgehead atoms. The van der Waals surface area contributed by atoms with Crippen LogP contribution in [-0.2, 0) is 16.6 Å². The second kappa shape index (κ2) is 10.1. The van der Waals surface area contributed by atoms with Crippen LogP contribution in [0.1, 0.15) is 22.3 Å². The third kappa shape index (κ3) is 6.43. The summed E-state index contributed by atoms with van der Waals surface area (Å²) < 4.78 is 27.4. The number of hydrogen-bond donors (Lipinski definition) is 3. The van der Waals surface area contributed by atoms with Crippen molar-refractivity contribution in [1.82, 2.24) is 9.62 Å². The van der Waals surface area contributed by atoms with Crippen molar-refractivity contribution in [2.24, 2.45) is 5.92 Å². The zero-order valence-electron chi connectivity index (χ0n) is 16.5. The molecule has 0 aliphatic carbocycles. The van der Waals surface area contributed by atoms with Crippen molar-refractivity contribution in [1.29, 1.82) is 0 Å². The molecule has 0 radical (unpaired) electrons. The van der Waals surface area contributed by atoms with Gasteiger partial charge in [-0.2, -0.15) is 12.7 Å². The highest BCUT2D eigenvalue weighted by Crippen LogP contribution is 2.19. The number of carbonyl (C=O) groups is 1. The molecular weight excluding hydrogens is 412 g/mol. The first-order valence-corrected chi connectivity index (χ1v) is 10.7. The lowest BCUT2D eigenvalue weighted by atomic mass is 9.98. The van der Waals surface area contributed by atoms with Crippen LogP contribution >= 0.6 is 12.4 Å². The predicted octanol–water partition coefficient (Wildman–Crippen LogP) is 2.73. The molecule has 0 saturated carbocycles. The minimum atomic E-state index is -3.60. The van der Waals surface area contributed by atoms with Gasteiger partial charge in [-0.3, -0.25) is 9.52 Å². The number of halogens is 1. The van der Waals surface area contributed by atoms with Crippen LogP contribution in [0.2, 0.25) is 0 Å². The van der Waals surface area contributed by atoms with Gasteiger partial charge >= 0.3 is 10.2 Å². The summed E-state index contributed by atoms with van der Waals surface area (Å²) in [5.74, 6) is 0.426. The summed E-state index contributed by atoms with van der Waals surface area (Å²) in [6.07, 6.45) is 2.21. The predicted molar refractivity (Wildman–Crippen MR) is 119 cm³/mol. The van der Waals surface area contributed by atoms with Gasteiger partial charge in [0, 0.05) is 25.3 Å². The first-order valence-electron chi connectivity index (χ1n) is 9.25. The zero-order valence-corrected chi connectivity index (χ0v) is 18.1. The van der Waals surface area contributed by atoms with Crippen LogP contribution in [0, 0.1) is 5.92 Å². The number of benzene rings is 2. The maximum absolute atomic E-state index is 12.5. The fourth-order valence-corrected chi connectivity index (χ4v) is 3.73. The molecule has 1 aliphatic heterocycles. The summed E-state index contributed by atoms with van der Waals surface area (Å²) >= 11 is 0. The molecular formula is C20H27ClN4O3S. The van der Waals surface area contributed by atoms with E-state index in [9.17, 15) is 13.2 Å². The first kappa shape index (κ1) is 23.2. The molecule has 0 aromatic heterocycles. The number of rotatable bonds is 7. The summed E-state index contributed by atoms with van der Waals surface area (Å²) in [6.45, 7) is 2.13. The Morgan fingerprint density at radius 1 is 1.14 bits per heavy atom. The van der Waals surface area contributed by atoms with Gasteiger partial charge in [-0.25, -0.2) is 0 Å². The first-order chi connectivity index (χ1) is 13.3. The van der Waals surface area contributed by atoms with Crippen molar-refractivity contribution < 1.29 is 13.2 Å². The smallest absolute Gasteiger partial charge is 0.301 e. The van der Waals surface area contributed by atoms with E-state index < -0.39 is 10.2 Å². The second-order valence-corrected chi connectivity index (χ2v) is 9.07. The monoisotopic (exact) mass is 438 g/mol. The fraction of sp³-hybridized carbons (Fsp3) is 0.350. The Hall–Kier alpha value is -2.13. The van der Waals surface area contributed by atoms with Crippen molar-refractivity contribution in [2.45, 2.75) is 12.8 Å². The minimum absolute atomic E-state index is 0. The summed E-state index contributed by atoms with van der Waals surface area (Å²) in [6, 6.07) is 14.2. The normalized spacial score (nSPS) is 16.3. The van der Waals surface area contributed by atoms with E-state index in [0.717, 1.165) is 23.8 Å². The molecule has 3 N–H and O–H groups in total. The summed E-state index contributed by atoms with van der Waals surface area (Å²) in [5, 5.41) is 6.17. The van der Waals surface area contributed by atoms with Gasteiger partial charge in [0.05, 0.1) is 5.69 Å². The van der Waals surface area contributed by atoms with Crippen molar-refractivity contribution in [3.63, 3.8) is 0 Å². The number of hydrogen-bond acceptors (Lipinski definition) is 4. The molecule has 1 atom stereocenters. The molecule has 7 nitrogen and oxygen atoms in total. The summed E-state index contributed by atoms with van der Waals surface area (Å²) in [5.41, 5.74) is 2.69. The van der Waals surface area contributed by atoms with Crippen molar-refractivity contribution in [3.8, 4) is 0 Å². The number of nitrogens with zero attached hydrogens (tertiary/aromatic N) is 1. The van der Waals surface area contributed by atoms with E-state index in [1.54, 1.807) is 24.3 Å². The van der Waals surface area contributed by atoms with Crippen LogP contribution in [0.3, 0.4) is 0 Å². The number of anilines is 2. The van der Waals surface area contributed by atoms with Gasteiger partial charge in [0.2, 0.25) is 0 Å². The topological polar surface area (TPSA) is 90.5 Å². The zero-order chi connectivity index (χ0) is 20.1. The molecule has 158 valence electrons. The Balaban J connectivity index is 0.00000300. The molecule has 9 heteroatoms. The Kier molecular flexibility index (Phi) is 8.04. The van der Waals surface area contributed by atoms with Gasteiger partial charge in [-0.1, -0.05) is 18.2 Å². The van der Waals surface area contributed by atoms with E-state index in [-0.39, 0.29) is 18.3 Å². The van der Waals surface area contributed by atoms with Crippen LogP contribution in [0.15, 0.2) is 48.5 Å². The third-order valence-electron chi connectivity index (χ3n) is 4.75. The molecule has 2 aromatic rings. The molecule has 1 unspecified atom stereocenters. The maximum Gasteiger partial charge on any atom is 0.301 e. The van der Waals surface area contributed by atoms with Gasteiger partial charge in [0.25, 0.3) is 5.91 Å². The number of nitrogens with one attached hydrogen (secondary N) is 3. The quantitative estimate of drug-likeness (QED) is 0.620. The average Bonchev–Trinajstić information content (AvgIpc) is 3.15. The van der Waals surface area contributed by atoms with Crippen molar-refractivity contribution in [2.75, 3.05) is 37.2 Å². The van der Waals surface area contributed by atoms with E-state index in [1.807, 2.05) is 24.3 Å². The molecule has 3 rings (SSSR count). The van der Waals surface area contributed by atoms with E-state index in [0.29, 0.717) is 22.9 Å². The van der Waals surface area contributed by atoms with Gasteiger partial charge in [0.1, 0.15) is 0 Å². The van der Waals surface area contributed by atoms with Crippen LogP contribution in [-0.4, -0.2) is 45.8 Å². The SMILES string of the molecule is CN(C)S(=O)(=O)Nc1cccc(NC(=O)c2ccc(CC3CCNC3)cc2)c1.Cl. The van der Waals surface area contributed by atoms with E-state index in [1.165, 1.54) is 26.1 Å². The van der Waals surface area contributed by atoms with E-state index >= 15 is 0 Å². The summed E-state index contributed by atoms with van der Waals surface area (Å²) in [4.78, 5) is 12.5. The Morgan fingerprint density at radius 3 is 2.45 bits per heavy atom. The summed E-state index contributed by atoms with van der Waals surface area (Å²) in [7, 11) is -0.707. The lowest BCUT2D eigenvalue weighted by molar-refractivity contribution is 0.102. The molecule has 2 aromatic carbocycles. The molecule has 1 amide bonds. The highest BCUT2D eigenvalue weighted by Gasteiger charge is 2.16. The molecule has 1 heterocycles. The minimum Gasteiger partial charge on any atom is -0.322 e. The largest absolute Gasteiger partial charge is 0.322 e. The van der Waals surface area contributed by atoms with Crippen LogP contribution in [0.25, 0.3) is 0 Å². The van der Waals surface area contributed by atoms with Gasteiger partial charge in [0.15, 0.2) is 0 Å². The molecule has 1 aliphatic rings. The number of amides is 1. The lowest BCUT2D eigenvalue weighted by Crippen LogP contribution is -2.28. The van der Waals surface area contributed by atoms with E-state index in [2.05, 4.69) is 15.4 Å². The lowest BCUT2D eigenvalue weighted by Gasteiger charge is -2.14. The highest BCUT2D eigenvalue weighted by atomic mass is 35.5. The van der Waals surface area contributed by atoms with Crippen LogP contribution < -0.4 is 15.4 Å². The van der Waals surface area contributed by atoms with Crippen molar-refractivity contribution >= 4 is 39.9 Å². The average molecular weight is 439 g/mol. The van der Waals surface area contributed by atoms with Gasteiger partial charge in [-0.15, -0.1) is 12.4 Å². The Bertz CT molecular complexity index is 927.